The van der Waals surface area contributed by atoms with Crippen LogP contribution in [-0.2, 0) is 17.6 Å². The average Bonchev–Trinajstić information content (AvgIpc) is 2.93. The summed E-state index contributed by atoms with van der Waals surface area (Å²) >= 11 is 0. The molecule has 0 saturated carbocycles. The van der Waals surface area contributed by atoms with Gasteiger partial charge < -0.3 is 25.7 Å². The molecule has 0 radical (unpaired) electrons. The molecule has 0 spiro atoms. The van der Waals surface area contributed by atoms with Gasteiger partial charge in [0.05, 0.1) is 6.10 Å². The van der Waals surface area contributed by atoms with Crippen LogP contribution in [0.1, 0.15) is 43.9 Å². The van der Waals surface area contributed by atoms with Crippen molar-refractivity contribution in [3.8, 4) is 11.1 Å². The zero-order valence-corrected chi connectivity index (χ0v) is 22.0. The van der Waals surface area contributed by atoms with Gasteiger partial charge >= 0.3 is 5.97 Å². The highest BCUT2D eigenvalue weighted by Crippen LogP contribution is 2.26. The Morgan fingerprint density at radius 2 is 2.00 bits per heavy atom. The topological polar surface area (TPSA) is 124 Å². The molecule has 1 aromatic carbocycles. The fourth-order valence-electron chi connectivity index (χ4n) is 4.83. The predicted molar refractivity (Wildman–Crippen MR) is 149 cm³/mol. The Balaban J connectivity index is 1.31. The van der Waals surface area contributed by atoms with Crippen LogP contribution in [0.2, 0.25) is 0 Å². The van der Waals surface area contributed by atoms with Crippen molar-refractivity contribution in [1.29, 1.82) is 0 Å². The van der Waals surface area contributed by atoms with E-state index in [-0.39, 0.29) is 0 Å². The summed E-state index contributed by atoms with van der Waals surface area (Å²) < 4.78 is 0. The minimum atomic E-state index is -0.938. The van der Waals surface area contributed by atoms with E-state index in [2.05, 4.69) is 37.6 Å². The van der Waals surface area contributed by atoms with Crippen molar-refractivity contribution < 1.29 is 15.0 Å². The van der Waals surface area contributed by atoms with Gasteiger partial charge in [-0.25, -0.2) is 19.7 Å². The first-order valence-corrected chi connectivity index (χ1v) is 13.5. The molecule has 4 N–H and O–H groups in total. The Kier molecular flexibility index (Phi) is 10.0. The highest BCUT2D eigenvalue weighted by molar-refractivity contribution is 5.81. The van der Waals surface area contributed by atoms with Crippen molar-refractivity contribution in [2.75, 3.05) is 36.8 Å². The number of aromatic nitrogens is 3. The molecule has 38 heavy (non-hydrogen) atoms. The fourth-order valence-corrected chi connectivity index (χ4v) is 4.83. The highest BCUT2D eigenvalue weighted by Gasteiger charge is 2.21. The number of aliphatic carboxylic acids is 1. The SMILES string of the molecule is C[C@@H](O)CN(CCCCc1ccc2c(n1)NCCC2)CC[C@H](Nc1ncncc1-c1ccccc1)C(=O)O. The van der Waals surface area contributed by atoms with Crippen LogP contribution < -0.4 is 10.6 Å². The second-order valence-corrected chi connectivity index (χ2v) is 9.92. The van der Waals surface area contributed by atoms with Gasteiger partial charge in [0.1, 0.15) is 24.0 Å². The first kappa shape index (κ1) is 27.5. The number of carbonyl (C=O) groups is 1. The number of fused-ring (bicyclic) bond motifs is 1. The molecule has 0 fully saturated rings. The summed E-state index contributed by atoms with van der Waals surface area (Å²) in [5, 5.41) is 26.5. The van der Waals surface area contributed by atoms with Crippen LogP contribution in [0, 0.1) is 0 Å². The molecule has 202 valence electrons. The number of benzene rings is 1. The Bertz CT molecular complexity index is 1170. The number of carboxylic acids is 1. The number of nitrogens with one attached hydrogen (secondary N) is 2. The van der Waals surface area contributed by atoms with Crippen molar-refractivity contribution >= 4 is 17.6 Å². The largest absolute Gasteiger partial charge is 0.480 e. The predicted octanol–water partition coefficient (Wildman–Crippen LogP) is 3.86. The zero-order valence-electron chi connectivity index (χ0n) is 22.0. The van der Waals surface area contributed by atoms with E-state index >= 15 is 0 Å². The van der Waals surface area contributed by atoms with Crippen LogP contribution in [-0.4, -0.2) is 74.4 Å². The first-order valence-electron chi connectivity index (χ1n) is 13.5. The molecule has 0 aliphatic carbocycles. The number of anilines is 2. The van der Waals surface area contributed by atoms with Crippen LogP contribution >= 0.6 is 0 Å². The number of unbranched alkanes of at least 4 members (excludes halogenated alkanes) is 1. The molecule has 9 heteroatoms. The summed E-state index contributed by atoms with van der Waals surface area (Å²) in [5.41, 5.74) is 4.06. The van der Waals surface area contributed by atoms with Crippen molar-refractivity contribution in [3.05, 3.63) is 66.2 Å². The van der Waals surface area contributed by atoms with Crippen molar-refractivity contribution in [2.24, 2.45) is 0 Å². The summed E-state index contributed by atoms with van der Waals surface area (Å²) in [5.74, 6) is 0.579. The number of nitrogens with zero attached hydrogens (tertiary/aromatic N) is 4. The number of pyridine rings is 1. The van der Waals surface area contributed by atoms with E-state index in [0.717, 1.165) is 67.8 Å². The molecular weight excluding hydrogens is 480 g/mol. The second-order valence-electron chi connectivity index (χ2n) is 9.92. The van der Waals surface area contributed by atoms with Gasteiger partial charge in [0.2, 0.25) is 0 Å². The number of aliphatic hydroxyl groups excluding tert-OH is 1. The third-order valence-electron chi connectivity index (χ3n) is 6.77. The molecular formula is C29H38N6O3. The number of aliphatic hydroxyl groups is 1. The quantitative estimate of drug-likeness (QED) is 0.236. The Morgan fingerprint density at radius 3 is 2.79 bits per heavy atom. The maximum absolute atomic E-state index is 12.1. The molecule has 2 atom stereocenters. The number of aryl methyl sites for hydroxylation is 2. The van der Waals surface area contributed by atoms with Crippen molar-refractivity contribution in [1.82, 2.24) is 19.9 Å². The molecule has 9 nitrogen and oxygen atoms in total. The monoisotopic (exact) mass is 518 g/mol. The van der Waals surface area contributed by atoms with E-state index in [9.17, 15) is 15.0 Å². The average molecular weight is 519 g/mol. The van der Waals surface area contributed by atoms with Gasteiger partial charge in [-0.05, 0) is 69.2 Å². The summed E-state index contributed by atoms with van der Waals surface area (Å²) in [6.07, 6.45) is 8.03. The third kappa shape index (κ3) is 7.97. The molecule has 3 aromatic rings. The highest BCUT2D eigenvalue weighted by atomic mass is 16.4. The zero-order chi connectivity index (χ0) is 26.7. The summed E-state index contributed by atoms with van der Waals surface area (Å²) in [6, 6.07) is 13.2. The van der Waals surface area contributed by atoms with E-state index in [0.29, 0.717) is 25.3 Å². The number of hydrogen-bond acceptors (Lipinski definition) is 8. The molecule has 2 aromatic heterocycles. The summed E-state index contributed by atoms with van der Waals surface area (Å²) in [6.45, 7) is 4.56. The third-order valence-corrected chi connectivity index (χ3v) is 6.77. The minimum Gasteiger partial charge on any atom is -0.480 e. The van der Waals surface area contributed by atoms with Gasteiger partial charge in [0.25, 0.3) is 0 Å². The molecule has 1 aliphatic rings. The summed E-state index contributed by atoms with van der Waals surface area (Å²) in [4.78, 5) is 27.5. The maximum atomic E-state index is 12.1. The van der Waals surface area contributed by atoms with E-state index in [4.69, 9.17) is 4.98 Å². The van der Waals surface area contributed by atoms with Gasteiger partial charge in [-0.1, -0.05) is 36.4 Å². The molecule has 0 unspecified atom stereocenters. The van der Waals surface area contributed by atoms with Gasteiger partial charge in [-0.15, -0.1) is 0 Å². The molecule has 4 rings (SSSR count). The lowest BCUT2D eigenvalue weighted by Crippen LogP contribution is -2.38. The summed E-state index contributed by atoms with van der Waals surface area (Å²) in [7, 11) is 0. The Labute approximate surface area is 224 Å². The lowest BCUT2D eigenvalue weighted by atomic mass is 10.1. The van der Waals surface area contributed by atoms with Crippen LogP contribution in [0.25, 0.3) is 11.1 Å². The molecule has 1 aliphatic heterocycles. The molecule has 0 amide bonds. The maximum Gasteiger partial charge on any atom is 0.326 e. The number of carboxylic acid groups (broad SMARTS) is 1. The molecule has 0 saturated heterocycles. The van der Waals surface area contributed by atoms with Crippen LogP contribution in [0.3, 0.4) is 0 Å². The van der Waals surface area contributed by atoms with Gasteiger partial charge in [-0.2, -0.15) is 0 Å². The Hall–Kier alpha value is -3.56. The van der Waals surface area contributed by atoms with Gasteiger partial charge in [0.15, 0.2) is 0 Å². The van der Waals surface area contributed by atoms with Crippen molar-refractivity contribution in [3.63, 3.8) is 0 Å². The first-order chi connectivity index (χ1) is 18.5. The second kappa shape index (κ2) is 13.8. The standard InChI is InChI=1S/C29H38N6O3/c1-21(36)19-35(16-6-5-11-24-13-12-23-10-7-15-31-27(23)33-24)17-14-26(29(37)38)34-28-25(18-30-20-32-28)22-8-3-2-4-9-22/h2-4,8-9,12-13,18,20-21,26,36H,5-7,10-11,14-17,19H2,1H3,(H,31,33)(H,37,38)(H,30,32,34)/t21-,26+/m1/s1. The van der Waals surface area contributed by atoms with E-state index in [1.807, 2.05) is 30.3 Å². The van der Waals surface area contributed by atoms with E-state index < -0.39 is 18.1 Å². The van der Waals surface area contributed by atoms with Gasteiger partial charge in [-0.3, -0.25) is 0 Å². The van der Waals surface area contributed by atoms with Crippen LogP contribution in [0.5, 0.6) is 0 Å². The van der Waals surface area contributed by atoms with E-state index in [1.54, 1.807) is 13.1 Å². The Morgan fingerprint density at radius 1 is 1.16 bits per heavy atom. The lowest BCUT2D eigenvalue weighted by Gasteiger charge is -2.26. The normalized spacial score (nSPS) is 14.4. The minimum absolute atomic E-state index is 0.373. The smallest absolute Gasteiger partial charge is 0.326 e. The fraction of sp³-hybridized carbons (Fsp3) is 0.448. The number of hydrogen-bond donors (Lipinski definition) is 4. The van der Waals surface area contributed by atoms with Gasteiger partial charge in [0, 0.05) is 37.1 Å². The molecule has 0 bridgehead atoms. The molecule has 3 heterocycles. The van der Waals surface area contributed by atoms with Crippen LogP contribution in [0.4, 0.5) is 11.6 Å². The lowest BCUT2D eigenvalue weighted by molar-refractivity contribution is -0.138. The number of rotatable bonds is 14. The van der Waals surface area contributed by atoms with Crippen LogP contribution in [0.15, 0.2) is 55.0 Å². The van der Waals surface area contributed by atoms with E-state index in [1.165, 1.54) is 11.9 Å². The van der Waals surface area contributed by atoms with Crippen molar-refractivity contribution in [2.45, 2.75) is 57.6 Å².